The third-order valence-electron chi connectivity index (χ3n) is 4.37. The van der Waals surface area contributed by atoms with Crippen molar-refractivity contribution in [1.82, 2.24) is 0 Å². The first-order valence-corrected chi connectivity index (χ1v) is 10.3. The van der Waals surface area contributed by atoms with E-state index in [-0.39, 0.29) is 24.6 Å². The van der Waals surface area contributed by atoms with E-state index < -0.39 is 11.9 Å². The van der Waals surface area contributed by atoms with Crippen LogP contribution in [-0.2, 0) is 9.53 Å². The van der Waals surface area contributed by atoms with Crippen LogP contribution >= 0.6 is 11.3 Å². The quantitative estimate of drug-likeness (QED) is 0.515. The molecule has 1 aromatic heterocycles. The number of benzene rings is 2. The van der Waals surface area contributed by atoms with E-state index in [9.17, 15) is 14.0 Å². The summed E-state index contributed by atoms with van der Waals surface area (Å²) >= 11 is 1.20. The molecule has 3 rings (SSSR count). The first-order valence-electron chi connectivity index (χ1n) is 9.43. The molecule has 1 heterocycles. The molecule has 3 aromatic rings. The Hall–Kier alpha value is -3.19. The lowest BCUT2D eigenvalue weighted by molar-refractivity contribution is -0.118. The number of hydrogen-bond acceptors (Lipinski definition) is 5. The summed E-state index contributed by atoms with van der Waals surface area (Å²) in [5.74, 6) is -0.694. The molecule has 0 radical (unpaired) electrons. The number of rotatable bonds is 7. The van der Waals surface area contributed by atoms with Gasteiger partial charge >= 0.3 is 5.97 Å². The monoisotopic (exact) mass is 427 g/mol. The first kappa shape index (κ1) is 21.5. The molecule has 7 heteroatoms. The maximum Gasteiger partial charge on any atom is 0.341 e. The zero-order valence-electron chi connectivity index (χ0n) is 17.0. The molecule has 156 valence electrons. The highest BCUT2D eigenvalue weighted by molar-refractivity contribution is 7.15. The van der Waals surface area contributed by atoms with Gasteiger partial charge in [0.15, 0.2) is 6.61 Å². The van der Waals surface area contributed by atoms with Crippen molar-refractivity contribution in [3.05, 3.63) is 70.4 Å². The molecule has 0 aliphatic carbocycles. The van der Waals surface area contributed by atoms with Gasteiger partial charge in [0.2, 0.25) is 0 Å². The molecule has 2 aromatic carbocycles. The van der Waals surface area contributed by atoms with Crippen molar-refractivity contribution >= 4 is 28.2 Å². The van der Waals surface area contributed by atoms with Crippen LogP contribution < -0.4 is 10.1 Å². The summed E-state index contributed by atoms with van der Waals surface area (Å²) < 4.78 is 24.0. The number of hydrogen-bond donors (Lipinski definition) is 1. The Labute approximate surface area is 178 Å². The standard InChI is InChI=1S/C23H22FNO4S/c1-4-28-23(27)21-18(16-6-8-17(24)9-7-16)13-30-22(21)25-20(26)12-29-19-10-5-14(2)11-15(19)3/h5-11,13H,4,12H2,1-3H3,(H,25,26). The summed E-state index contributed by atoms with van der Waals surface area (Å²) in [5, 5.41) is 4.83. The van der Waals surface area contributed by atoms with Gasteiger partial charge in [-0.2, -0.15) is 0 Å². The maximum absolute atomic E-state index is 13.3. The van der Waals surface area contributed by atoms with Crippen molar-refractivity contribution < 1.29 is 23.5 Å². The number of esters is 1. The lowest BCUT2D eigenvalue weighted by Crippen LogP contribution is -2.21. The van der Waals surface area contributed by atoms with Gasteiger partial charge in [0.25, 0.3) is 5.91 Å². The summed E-state index contributed by atoms with van der Waals surface area (Å²) in [6, 6.07) is 11.5. The topological polar surface area (TPSA) is 64.6 Å². The van der Waals surface area contributed by atoms with Gasteiger partial charge in [0.1, 0.15) is 22.1 Å². The van der Waals surface area contributed by atoms with Crippen molar-refractivity contribution in [2.45, 2.75) is 20.8 Å². The molecule has 0 atom stereocenters. The van der Waals surface area contributed by atoms with Crippen LogP contribution in [0.3, 0.4) is 0 Å². The zero-order valence-corrected chi connectivity index (χ0v) is 17.8. The smallest absolute Gasteiger partial charge is 0.341 e. The van der Waals surface area contributed by atoms with Gasteiger partial charge in [-0.1, -0.05) is 29.8 Å². The predicted octanol–water partition coefficient (Wildman–Crippen LogP) is 5.37. The lowest BCUT2D eigenvalue weighted by atomic mass is 10.0. The summed E-state index contributed by atoms with van der Waals surface area (Å²) in [4.78, 5) is 25.0. The van der Waals surface area contributed by atoms with Crippen LogP contribution in [0.1, 0.15) is 28.4 Å². The Balaban J connectivity index is 1.79. The maximum atomic E-state index is 13.3. The molecular formula is C23H22FNO4S. The van der Waals surface area contributed by atoms with Crippen molar-refractivity contribution in [2.24, 2.45) is 0 Å². The average Bonchev–Trinajstić information content (AvgIpc) is 3.11. The fraction of sp³-hybridized carbons (Fsp3) is 0.217. The van der Waals surface area contributed by atoms with Crippen molar-refractivity contribution in [3.8, 4) is 16.9 Å². The number of ether oxygens (including phenoxy) is 2. The molecule has 0 bridgehead atoms. The fourth-order valence-electron chi connectivity index (χ4n) is 2.97. The van der Waals surface area contributed by atoms with Gasteiger partial charge in [-0.25, -0.2) is 9.18 Å². The second kappa shape index (κ2) is 9.54. The normalized spacial score (nSPS) is 10.5. The molecule has 5 nitrogen and oxygen atoms in total. The second-order valence-corrected chi connectivity index (χ2v) is 7.57. The minimum absolute atomic E-state index is 0.195. The molecule has 0 aliphatic heterocycles. The number of carbonyl (C=O) groups is 2. The third-order valence-corrected chi connectivity index (χ3v) is 5.26. The SMILES string of the molecule is CCOC(=O)c1c(-c2ccc(F)cc2)csc1NC(=O)COc1ccc(C)cc1C. The number of halogens is 1. The molecule has 0 unspecified atom stereocenters. The van der Waals surface area contributed by atoms with E-state index in [4.69, 9.17) is 9.47 Å². The van der Waals surface area contributed by atoms with Crippen LogP contribution in [0.25, 0.3) is 11.1 Å². The van der Waals surface area contributed by atoms with Gasteiger partial charge in [-0.15, -0.1) is 11.3 Å². The summed E-state index contributed by atoms with van der Waals surface area (Å²) in [6.45, 7) is 5.59. The van der Waals surface area contributed by atoms with E-state index in [0.29, 0.717) is 21.9 Å². The number of carbonyl (C=O) groups excluding carboxylic acids is 2. The molecule has 0 spiro atoms. The van der Waals surface area contributed by atoms with Crippen molar-refractivity contribution in [1.29, 1.82) is 0 Å². The van der Waals surface area contributed by atoms with E-state index in [2.05, 4.69) is 5.32 Å². The molecule has 1 amide bonds. The zero-order chi connectivity index (χ0) is 21.7. The number of amides is 1. The number of aryl methyl sites for hydroxylation is 2. The Morgan fingerprint density at radius 1 is 1.10 bits per heavy atom. The van der Waals surface area contributed by atoms with E-state index in [1.54, 1.807) is 24.4 Å². The highest BCUT2D eigenvalue weighted by atomic mass is 32.1. The third kappa shape index (κ3) is 5.04. The Bertz CT molecular complexity index is 1060. The van der Waals surface area contributed by atoms with Crippen molar-refractivity contribution in [2.75, 3.05) is 18.5 Å². The van der Waals surface area contributed by atoms with Gasteiger partial charge < -0.3 is 14.8 Å². The molecule has 30 heavy (non-hydrogen) atoms. The Morgan fingerprint density at radius 2 is 1.83 bits per heavy atom. The molecule has 0 saturated carbocycles. The van der Waals surface area contributed by atoms with E-state index in [1.807, 2.05) is 32.0 Å². The molecule has 0 fully saturated rings. The number of nitrogens with one attached hydrogen (secondary N) is 1. The summed E-state index contributed by atoms with van der Waals surface area (Å²) in [6.07, 6.45) is 0. The van der Waals surface area contributed by atoms with E-state index in [0.717, 1.165) is 11.1 Å². The summed E-state index contributed by atoms with van der Waals surface area (Å²) in [5.41, 5.74) is 3.51. The minimum Gasteiger partial charge on any atom is -0.483 e. The average molecular weight is 427 g/mol. The highest BCUT2D eigenvalue weighted by Gasteiger charge is 2.23. The van der Waals surface area contributed by atoms with Crippen LogP contribution in [0.2, 0.25) is 0 Å². The Kier molecular flexibility index (Phi) is 6.84. The van der Waals surface area contributed by atoms with Gasteiger partial charge in [0, 0.05) is 10.9 Å². The lowest BCUT2D eigenvalue weighted by Gasteiger charge is -2.11. The fourth-order valence-corrected chi connectivity index (χ4v) is 3.94. The molecule has 0 saturated heterocycles. The van der Waals surface area contributed by atoms with Gasteiger partial charge in [-0.3, -0.25) is 4.79 Å². The number of anilines is 1. The van der Waals surface area contributed by atoms with Crippen molar-refractivity contribution in [3.63, 3.8) is 0 Å². The van der Waals surface area contributed by atoms with Crippen LogP contribution in [0.5, 0.6) is 5.75 Å². The van der Waals surface area contributed by atoms with Gasteiger partial charge in [0.05, 0.1) is 6.61 Å². The molecular weight excluding hydrogens is 405 g/mol. The van der Waals surface area contributed by atoms with E-state index in [1.165, 1.54) is 23.5 Å². The first-order chi connectivity index (χ1) is 14.4. The Morgan fingerprint density at radius 3 is 2.50 bits per heavy atom. The van der Waals surface area contributed by atoms with Crippen LogP contribution in [0.15, 0.2) is 47.8 Å². The van der Waals surface area contributed by atoms with E-state index >= 15 is 0 Å². The predicted molar refractivity (Wildman–Crippen MR) is 116 cm³/mol. The van der Waals surface area contributed by atoms with Crippen LogP contribution in [0.4, 0.5) is 9.39 Å². The summed E-state index contributed by atoms with van der Waals surface area (Å²) in [7, 11) is 0. The van der Waals surface area contributed by atoms with Crippen LogP contribution in [-0.4, -0.2) is 25.1 Å². The second-order valence-electron chi connectivity index (χ2n) is 6.69. The number of thiophene rings is 1. The van der Waals surface area contributed by atoms with Crippen LogP contribution in [0, 0.1) is 19.7 Å². The van der Waals surface area contributed by atoms with Gasteiger partial charge in [-0.05, 0) is 50.1 Å². The highest BCUT2D eigenvalue weighted by Crippen LogP contribution is 2.36. The molecule has 1 N–H and O–H groups in total. The largest absolute Gasteiger partial charge is 0.483 e. The molecule has 0 aliphatic rings. The minimum atomic E-state index is -0.552.